The molecule has 1 aliphatic carbocycles. The molecule has 0 amide bonds. The van der Waals surface area contributed by atoms with E-state index >= 15 is 0 Å². The van der Waals surface area contributed by atoms with Crippen LogP contribution in [0.3, 0.4) is 0 Å². The first-order chi connectivity index (χ1) is 13.3. The Morgan fingerprint density at radius 2 is 1.39 bits per heavy atom. The molecule has 6 heteroatoms. The number of ketones is 1. The largest absolute Gasteiger partial charge is 0.673 e. The van der Waals surface area contributed by atoms with E-state index in [2.05, 4.69) is 60.7 Å². The van der Waals surface area contributed by atoms with Gasteiger partial charge in [-0.1, -0.05) is 66.8 Å². The summed E-state index contributed by atoms with van der Waals surface area (Å²) >= 11 is 0. The lowest BCUT2D eigenvalue weighted by Crippen LogP contribution is -2.29. The van der Waals surface area contributed by atoms with Gasteiger partial charge in [0, 0.05) is 11.3 Å². The van der Waals surface area contributed by atoms with Gasteiger partial charge in [-0.3, -0.25) is 0 Å². The van der Waals surface area contributed by atoms with Crippen molar-refractivity contribution in [2.75, 3.05) is 0 Å². The summed E-state index contributed by atoms with van der Waals surface area (Å²) in [7, 11) is -6.00. The van der Waals surface area contributed by atoms with Gasteiger partial charge >= 0.3 is 18.8 Å². The van der Waals surface area contributed by atoms with Gasteiger partial charge in [-0.05, 0) is 22.4 Å². The Morgan fingerprint density at radius 3 is 2.00 bits per heavy atom. The van der Waals surface area contributed by atoms with Crippen LogP contribution in [-0.2, 0) is 4.42 Å². The zero-order valence-electron chi connectivity index (χ0n) is 15.1. The molecule has 0 unspecified atom stereocenters. The minimum atomic E-state index is -6.00. The van der Waals surface area contributed by atoms with Crippen molar-refractivity contribution in [2.24, 2.45) is 0 Å². The molecule has 0 atom stereocenters. The molecule has 0 N–H and O–H groups in total. The molecule has 2 aliphatic rings. The van der Waals surface area contributed by atoms with Crippen molar-refractivity contribution < 1.29 is 21.7 Å². The number of carbonyl (C=O) groups excluding carboxylic acids is 1. The maximum atomic E-state index is 9.75. The van der Waals surface area contributed by atoms with Crippen LogP contribution < -0.4 is 10.4 Å². The number of fused-ring (bicyclic) bond motifs is 1. The van der Waals surface area contributed by atoms with Crippen molar-refractivity contribution in [1.29, 1.82) is 0 Å². The fraction of sp³-hybridized carbons (Fsp3) is 0.0455. The Morgan fingerprint density at radius 1 is 0.750 bits per heavy atom. The van der Waals surface area contributed by atoms with Gasteiger partial charge in [-0.2, -0.15) is 0 Å². The average Bonchev–Trinajstić information content (AvgIpc) is 2.90. The predicted octanol–water partition coefficient (Wildman–Crippen LogP) is 4.78. The van der Waals surface area contributed by atoms with Crippen LogP contribution in [0.2, 0.25) is 0 Å². The van der Waals surface area contributed by atoms with Gasteiger partial charge in [0.1, 0.15) is 0 Å². The lowest BCUT2D eigenvalue weighted by atomic mass is 10.0. The van der Waals surface area contributed by atoms with Crippen LogP contribution >= 0.6 is 0 Å². The van der Waals surface area contributed by atoms with E-state index in [1.54, 1.807) is 0 Å². The Labute approximate surface area is 159 Å². The molecule has 0 bridgehead atoms. The molecule has 142 valence electrons. The van der Waals surface area contributed by atoms with E-state index in [4.69, 9.17) is 4.42 Å². The van der Waals surface area contributed by atoms with Crippen molar-refractivity contribution in [3.63, 3.8) is 0 Å². The maximum absolute atomic E-state index is 9.75. The topological polar surface area (TPSA) is 11.3 Å². The van der Waals surface area contributed by atoms with E-state index in [-0.39, 0.29) is 0 Å². The highest BCUT2D eigenvalue weighted by Crippen LogP contribution is 2.12. The standard InChI is InChI=1S/C22H17O.BF4/c1-16-12-15-21(23-16)20-14-13-17-8-6-7-11-19(17)22(20)18-9-4-2-3-5-10-18;2-1(3,4)5/h2-15H,1H3;/q+1;-1/b21-20+;. The highest BCUT2D eigenvalue weighted by molar-refractivity contribution is 6.50. The molecule has 0 saturated heterocycles. The third-order valence-corrected chi connectivity index (χ3v) is 4.11. The number of halogens is 4. The van der Waals surface area contributed by atoms with Gasteiger partial charge in [-0.25, -0.2) is 4.42 Å². The molecule has 2 aromatic rings. The fourth-order valence-corrected chi connectivity index (χ4v) is 3.04. The number of benzene rings is 2. The lowest BCUT2D eigenvalue weighted by Gasteiger charge is -2.02. The molecule has 4 rings (SSSR count). The Balaban J connectivity index is 0.000000403. The monoisotopic (exact) mass is 384 g/mol. The minimum Gasteiger partial charge on any atom is -0.418 e. The molecule has 0 aromatic heterocycles. The van der Waals surface area contributed by atoms with E-state index in [9.17, 15) is 17.3 Å². The molecule has 28 heavy (non-hydrogen) atoms. The van der Waals surface area contributed by atoms with Crippen molar-refractivity contribution in [3.05, 3.63) is 95.4 Å². The molecule has 2 aromatic carbocycles. The number of allylic oxidation sites excluding steroid dienone is 7. The third kappa shape index (κ3) is 4.97. The number of hydrogen-bond donors (Lipinski definition) is 0. The van der Waals surface area contributed by atoms with Crippen LogP contribution in [0.4, 0.5) is 17.3 Å². The van der Waals surface area contributed by atoms with Gasteiger partial charge in [0.25, 0.3) is 0 Å². The average molecular weight is 384 g/mol. The molecule has 1 heterocycles. The molecular weight excluding hydrogens is 367 g/mol. The first-order valence-electron chi connectivity index (χ1n) is 8.67. The SMILES string of the molecule is CC1=[O+]/C(=c2\ccc3ccccc3c2=C2C=CC=CC=C2)C=C1.F[B-](F)(F)F. The smallest absolute Gasteiger partial charge is 0.418 e. The maximum Gasteiger partial charge on any atom is 0.673 e. The summed E-state index contributed by atoms with van der Waals surface area (Å²) in [6.07, 6.45) is 16.6. The Hall–Kier alpha value is -3.15. The van der Waals surface area contributed by atoms with E-state index < -0.39 is 7.25 Å². The number of hydrogen-bond acceptors (Lipinski definition) is 0. The van der Waals surface area contributed by atoms with Crippen LogP contribution in [0.15, 0.2) is 85.0 Å². The Kier molecular flexibility index (Phi) is 5.78. The second-order valence-electron chi connectivity index (χ2n) is 6.17. The highest BCUT2D eigenvalue weighted by atomic mass is 19.5. The van der Waals surface area contributed by atoms with Crippen molar-refractivity contribution in [1.82, 2.24) is 0 Å². The van der Waals surface area contributed by atoms with Crippen molar-refractivity contribution >= 4 is 35.1 Å². The molecule has 1 aliphatic heterocycles. The van der Waals surface area contributed by atoms with Gasteiger partial charge in [0.15, 0.2) is 0 Å². The molecule has 0 saturated carbocycles. The molecule has 1 nitrogen and oxygen atoms in total. The van der Waals surface area contributed by atoms with Crippen LogP contribution in [0, 0.1) is 0 Å². The predicted molar refractivity (Wildman–Crippen MR) is 107 cm³/mol. The fourth-order valence-electron chi connectivity index (χ4n) is 3.04. The summed E-state index contributed by atoms with van der Waals surface area (Å²) < 4.78 is 44.9. The quantitative estimate of drug-likeness (QED) is 0.352. The Bertz CT molecular complexity index is 1140. The van der Waals surface area contributed by atoms with Crippen LogP contribution in [-0.4, -0.2) is 13.0 Å². The second-order valence-corrected chi connectivity index (χ2v) is 6.17. The summed E-state index contributed by atoms with van der Waals surface area (Å²) in [5.74, 6) is 1.84. The summed E-state index contributed by atoms with van der Waals surface area (Å²) in [5.41, 5.74) is 1.19. The lowest BCUT2D eigenvalue weighted by molar-refractivity contribution is -0.339. The van der Waals surface area contributed by atoms with Crippen molar-refractivity contribution in [2.45, 2.75) is 6.92 Å². The normalized spacial score (nSPS) is 17.5. The third-order valence-electron chi connectivity index (χ3n) is 4.11. The summed E-state index contributed by atoms with van der Waals surface area (Å²) in [6, 6.07) is 12.8. The highest BCUT2D eigenvalue weighted by Gasteiger charge is 2.20. The molecule has 0 radical (unpaired) electrons. The zero-order valence-corrected chi connectivity index (χ0v) is 15.1. The van der Waals surface area contributed by atoms with Crippen LogP contribution in [0.1, 0.15) is 6.92 Å². The molecular formula is C22H17BF4O. The second kappa shape index (κ2) is 8.25. The van der Waals surface area contributed by atoms with Gasteiger partial charge in [0.05, 0.1) is 18.2 Å². The summed E-state index contributed by atoms with van der Waals surface area (Å²) in [6.45, 7) is 1.98. The van der Waals surface area contributed by atoms with E-state index in [0.717, 1.165) is 16.8 Å². The number of rotatable bonds is 0. The summed E-state index contributed by atoms with van der Waals surface area (Å²) in [5, 5.41) is 4.82. The zero-order chi connectivity index (χ0) is 20.1. The molecule has 0 fully saturated rings. The van der Waals surface area contributed by atoms with Crippen LogP contribution in [0.5, 0.6) is 0 Å². The van der Waals surface area contributed by atoms with E-state index in [0.29, 0.717) is 0 Å². The first kappa shape index (κ1) is 19.6. The van der Waals surface area contributed by atoms with Gasteiger partial charge in [-0.15, -0.1) is 0 Å². The van der Waals surface area contributed by atoms with Crippen molar-refractivity contribution in [3.8, 4) is 0 Å². The van der Waals surface area contributed by atoms with Crippen LogP contribution in [0.25, 0.3) is 22.1 Å². The molecule has 0 spiro atoms. The first-order valence-corrected chi connectivity index (χ1v) is 8.67. The summed E-state index contributed by atoms with van der Waals surface area (Å²) in [4.78, 5) is 0. The minimum absolute atomic E-state index is 0.912. The van der Waals surface area contributed by atoms with Gasteiger partial charge < -0.3 is 17.3 Å². The van der Waals surface area contributed by atoms with E-state index in [1.165, 1.54) is 21.6 Å². The van der Waals surface area contributed by atoms with E-state index in [1.807, 2.05) is 31.2 Å². The van der Waals surface area contributed by atoms with Gasteiger partial charge in [0.2, 0.25) is 0 Å².